The monoisotopic (exact) mass is 235 g/mol. The van der Waals surface area contributed by atoms with E-state index in [0.717, 1.165) is 18.4 Å². The molecule has 2 fully saturated rings. The summed E-state index contributed by atoms with van der Waals surface area (Å²) in [6.45, 7) is 1.86. The van der Waals surface area contributed by atoms with E-state index in [1.165, 1.54) is 6.07 Å². The average molecular weight is 235 g/mol. The lowest BCUT2D eigenvalue weighted by atomic mass is 9.81. The zero-order chi connectivity index (χ0) is 12.0. The second kappa shape index (κ2) is 3.79. The van der Waals surface area contributed by atoms with Crippen molar-refractivity contribution in [1.82, 2.24) is 5.32 Å². The Hall–Kier alpha value is -0.930. The molecule has 1 aromatic rings. The topological polar surface area (TPSA) is 32.3 Å². The van der Waals surface area contributed by atoms with E-state index in [9.17, 15) is 9.50 Å². The number of rotatable bonds is 1. The molecule has 2 atom stereocenters. The maximum absolute atomic E-state index is 14.0. The van der Waals surface area contributed by atoms with Crippen molar-refractivity contribution in [2.24, 2.45) is 0 Å². The van der Waals surface area contributed by atoms with Crippen molar-refractivity contribution in [1.29, 1.82) is 0 Å². The molecule has 2 unspecified atom stereocenters. The summed E-state index contributed by atoms with van der Waals surface area (Å²) < 4.78 is 14.0. The summed E-state index contributed by atoms with van der Waals surface area (Å²) >= 11 is 0. The Balaban J connectivity index is 1.97. The van der Waals surface area contributed by atoms with Crippen LogP contribution >= 0.6 is 0 Å². The molecular formula is C14H18FNO. The molecule has 1 aromatic carbocycles. The van der Waals surface area contributed by atoms with E-state index in [-0.39, 0.29) is 5.82 Å². The van der Waals surface area contributed by atoms with Crippen LogP contribution < -0.4 is 5.32 Å². The van der Waals surface area contributed by atoms with E-state index in [0.29, 0.717) is 30.5 Å². The van der Waals surface area contributed by atoms with Gasteiger partial charge in [-0.3, -0.25) is 0 Å². The Morgan fingerprint density at radius 1 is 1.29 bits per heavy atom. The van der Waals surface area contributed by atoms with Gasteiger partial charge in [-0.25, -0.2) is 4.39 Å². The van der Waals surface area contributed by atoms with Crippen LogP contribution in [0.5, 0.6) is 0 Å². The van der Waals surface area contributed by atoms with Crippen LogP contribution in [0, 0.1) is 12.7 Å². The highest BCUT2D eigenvalue weighted by Gasteiger charge is 2.44. The molecule has 0 radical (unpaired) electrons. The lowest BCUT2D eigenvalue weighted by Crippen LogP contribution is -2.47. The normalized spacial score (nSPS) is 36.2. The molecule has 0 saturated carbocycles. The van der Waals surface area contributed by atoms with Crippen LogP contribution in [0.2, 0.25) is 0 Å². The molecule has 2 N–H and O–H groups in total. The summed E-state index contributed by atoms with van der Waals surface area (Å²) in [6.07, 6.45) is 3.45. The fraction of sp³-hybridized carbons (Fsp3) is 0.571. The van der Waals surface area contributed by atoms with Crippen LogP contribution in [0.15, 0.2) is 18.2 Å². The minimum atomic E-state index is -0.977. The first-order valence-electron chi connectivity index (χ1n) is 6.32. The zero-order valence-corrected chi connectivity index (χ0v) is 10.0. The molecule has 2 aliphatic heterocycles. The summed E-state index contributed by atoms with van der Waals surface area (Å²) in [6, 6.07) is 5.83. The molecule has 2 bridgehead atoms. The van der Waals surface area contributed by atoms with Gasteiger partial charge >= 0.3 is 0 Å². The van der Waals surface area contributed by atoms with Gasteiger partial charge in [0.2, 0.25) is 0 Å². The van der Waals surface area contributed by atoms with Gasteiger partial charge in [0.1, 0.15) is 5.82 Å². The molecule has 0 aromatic heterocycles. The SMILES string of the molecule is Cc1ccc(C2(O)CC3CCC(C2)N3)c(F)c1. The maximum atomic E-state index is 14.0. The number of halogens is 1. The highest BCUT2D eigenvalue weighted by Crippen LogP contribution is 2.41. The van der Waals surface area contributed by atoms with Crippen LogP contribution in [0.4, 0.5) is 4.39 Å². The second-order valence-electron chi connectivity index (χ2n) is 5.56. The summed E-state index contributed by atoms with van der Waals surface area (Å²) in [5, 5.41) is 14.2. The van der Waals surface area contributed by atoms with Gasteiger partial charge in [-0.2, -0.15) is 0 Å². The summed E-state index contributed by atoms with van der Waals surface area (Å²) in [5.74, 6) is -0.270. The Morgan fingerprint density at radius 3 is 2.53 bits per heavy atom. The quantitative estimate of drug-likeness (QED) is 0.782. The summed E-state index contributed by atoms with van der Waals surface area (Å²) in [5.41, 5.74) is 0.391. The first-order valence-corrected chi connectivity index (χ1v) is 6.32. The maximum Gasteiger partial charge on any atom is 0.129 e. The third-order valence-electron chi connectivity index (χ3n) is 4.13. The minimum Gasteiger partial charge on any atom is -0.385 e. The first kappa shape index (κ1) is 11.2. The van der Waals surface area contributed by atoms with E-state index >= 15 is 0 Å². The van der Waals surface area contributed by atoms with Crippen molar-refractivity contribution in [3.05, 3.63) is 35.1 Å². The van der Waals surface area contributed by atoms with E-state index in [1.54, 1.807) is 6.07 Å². The molecule has 3 rings (SSSR count). The lowest BCUT2D eigenvalue weighted by Gasteiger charge is -2.37. The Labute approximate surface area is 101 Å². The van der Waals surface area contributed by atoms with Gasteiger partial charge in [-0.05, 0) is 44.2 Å². The van der Waals surface area contributed by atoms with Crippen LogP contribution in [-0.4, -0.2) is 17.2 Å². The molecule has 2 nitrogen and oxygen atoms in total. The van der Waals surface area contributed by atoms with Gasteiger partial charge in [-0.1, -0.05) is 12.1 Å². The second-order valence-corrected chi connectivity index (χ2v) is 5.56. The molecular weight excluding hydrogens is 217 g/mol. The first-order chi connectivity index (χ1) is 8.07. The number of aliphatic hydroxyl groups is 1. The highest BCUT2D eigenvalue weighted by molar-refractivity contribution is 5.30. The van der Waals surface area contributed by atoms with Gasteiger partial charge in [0.25, 0.3) is 0 Å². The van der Waals surface area contributed by atoms with Gasteiger partial charge in [0.05, 0.1) is 5.60 Å². The predicted octanol–water partition coefficient (Wildman–Crippen LogP) is 2.24. The number of nitrogens with one attached hydrogen (secondary N) is 1. The van der Waals surface area contributed by atoms with Crippen LogP contribution in [0.3, 0.4) is 0 Å². The molecule has 92 valence electrons. The Bertz CT molecular complexity index is 434. The van der Waals surface area contributed by atoms with Crippen molar-refractivity contribution in [2.45, 2.75) is 50.3 Å². The zero-order valence-electron chi connectivity index (χ0n) is 10.0. The molecule has 0 amide bonds. The van der Waals surface area contributed by atoms with Gasteiger partial charge in [-0.15, -0.1) is 0 Å². The fourth-order valence-electron chi connectivity index (χ4n) is 3.34. The molecule has 2 saturated heterocycles. The standard InChI is InChI=1S/C14H18FNO/c1-9-2-5-12(13(15)6-9)14(17)7-10-3-4-11(8-14)16-10/h2,5-6,10-11,16-17H,3-4,7-8H2,1H3. The number of aryl methyl sites for hydroxylation is 1. The van der Waals surface area contributed by atoms with Crippen molar-refractivity contribution < 1.29 is 9.50 Å². The van der Waals surface area contributed by atoms with Crippen LogP contribution in [-0.2, 0) is 5.60 Å². The number of fused-ring (bicyclic) bond motifs is 2. The van der Waals surface area contributed by atoms with Crippen LogP contribution in [0.1, 0.15) is 36.8 Å². The smallest absolute Gasteiger partial charge is 0.129 e. The Kier molecular flexibility index (Phi) is 2.49. The minimum absolute atomic E-state index is 0.270. The van der Waals surface area contributed by atoms with Crippen molar-refractivity contribution >= 4 is 0 Å². The van der Waals surface area contributed by atoms with Gasteiger partial charge < -0.3 is 10.4 Å². The molecule has 2 aliphatic rings. The Morgan fingerprint density at radius 2 is 1.94 bits per heavy atom. The molecule has 3 heteroatoms. The third kappa shape index (κ3) is 1.87. The number of hydrogen-bond acceptors (Lipinski definition) is 2. The number of hydrogen-bond donors (Lipinski definition) is 2. The van der Waals surface area contributed by atoms with E-state index in [1.807, 2.05) is 13.0 Å². The fourth-order valence-corrected chi connectivity index (χ4v) is 3.34. The summed E-state index contributed by atoms with van der Waals surface area (Å²) in [4.78, 5) is 0. The molecule has 17 heavy (non-hydrogen) atoms. The van der Waals surface area contributed by atoms with E-state index in [4.69, 9.17) is 0 Å². The van der Waals surface area contributed by atoms with Crippen molar-refractivity contribution in [3.8, 4) is 0 Å². The van der Waals surface area contributed by atoms with Gasteiger partial charge in [0, 0.05) is 17.6 Å². The van der Waals surface area contributed by atoms with E-state index < -0.39 is 5.60 Å². The average Bonchev–Trinajstić information content (AvgIpc) is 2.58. The third-order valence-corrected chi connectivity index (χ3v) is 4.13. The molecule has 2 heterocycles. The predicted molar refractivity (Wildman–Crippen MR) is 64.2 cm³/mol. The van der Waals surface area contributed by atoms with Crippen LogP contribution in [0.25, 0.3) is 0 Å². The highest BCUT2D eigenvalue weighted by atomic mass is 19.1. The summed E-state index contributed by atoms with van der Waals surface area (Å²) in [7, 11) is 0. The molecule has 0 spiro atoms. The molecule has 0 aliphatic carbocycles. The van der Waals surface area contributed by atoms with Gasteiger partial charge in [0.15, 0.2) is 0 Å². The lowest BCUT2D eigenvalue weighted by molar-refractivity contribution is -0.0143. The van der Waals surface area contributed by atoms with Crippen molar-refractivity contribution in [2.75, 3.05) is 0 Å². The number of piperidine rings is 1. The van der Waals surface area contributed by atoms with Crippen molar-refractivity contribution in [3.63, 3.8) is 0 Å². The number of benzene rings is 1. The largest absolute Gasteiger partial charge is 0.385 e. The van der Waals surface area contributed by atoms with E-state index in [2.05, 4.69) is 5.32 Å².